The molecule has 26 heavy (non-hydrogen) atoms. The highest BCUT2D eigenvalue weighted by Gasteiger charge is 2.06. The van der Waals surface area contributed by atoms with E-state index in [1.54, 1.807) is 0 Å². The van der Waals surface area contributed by atoms with E-state index in [-0.39, 0.29) is 12.5 Å². The number of hydrogen-bond acceptors (Lipinski definition) is 3. The number of carbonyl (C=O) groups is 1. The number of carbonyl (C=O) groups excluding carboxylic acids is 1. The zero-order valence-corrected chi connectivity index (χ0v) is 16.2. The van der Waals surface area contributed by atoms with Gasteiger partial charge in [0.15, 0.2) is 6.61 Å². The highest BCUT2D eigenvalue weighted by molar-refractivity contribution is 9.10. The minimum atomic E-state index is -0.308. The van der Waals surface area contributed by atoms with E-state index in [4.69, 9.17) is 4.74 Å². The lowest BCUT2D eigenvalue weighted by Gasteiger charge is -2.08. The second-order valence-corrected chi connectivity index (χ2v) is 6.87. The molecule has 0 saturated carbocycles. The van der Waals surface area contributed by atoms with Crippen molar-refractivity contribution >= 4 is 38.3 Å². The molecular formula is C21H19BrN2O2. The van der Waals surface area contributed by atoms with Gasteiger partial charge in [0.25, 0.3) is 5.91 Å². The number of nitrogens with one attached hydrogen (secondary N) is 1. The van der Waals surface area contributed by atoms with E-state index >= 15 is 0 Å². The summed E-state index contributed by atoms with van der Waals surface area (Å²) >= 11 is 3.43. The predicted octanol–water partition coefficient (Wildman–Crippen LogP) is 4.83. The van der Waals surface area contributed by atoms with Crippen molar-refractivity contribution in [1.29, 1.82) is 0 Å². The molecule has 0 aromatic heterocycles. The summed E-state index contributed by atoms with van der Waals surface area (Å²) in [5.41, 5.74) is 5.35. The number of halogens is 1. The molecule has 0 spiro atoms. The molecule has 0 radical (unpaired) electrons. The van der Waals surface area contributed by atoms with Crippen LogP contribution in [0.25, 0.3) is 10.8 Å². The van der Waals surface area contributed by atoms with E-state index in [2.05, 4.69) is 44.7 Å². The summed E-state index contributed by atoms with van der Waals surface area (Å²) in [5.74, 6) is 0.318. The Bertz CT molecular complexity index is 983. The van der Waals surface area contributed by atoms with Gasteiger partial charge in [-0.1, -0.05) is 42.5 Å². The van der Waals surface area contributed by atoms with Crippen LogP contribution in [0.15, 0.2) is 70.2 Å². The van der Waals surface area contributed by atoms with Gasteiger partial charge >= 0.3 is 0 Å². The summed E-state index contributed by atoms with van der Waals surface area (Å²) in [6.07, 6.45) is 0. The number of amides is 1. The molecule has 3 aromatic carbocycles. The molecule has 3 aromatic rings. The minimum Gasteiger partial charge on any atom is -0.483 e. The van der Waals surface area contributed by atoms with Crippen molar-refractivity contribution in [2.24, 2.45) is 5.10 Å². The van der Waals surface area contributed by atoms with Gasteiger partial charge in [0.05, 0.1) is 10.2 Å². The number of nitrogens with zero attached hydrogens (tertiary/aromatic N) is 1. The SMILES string of the molecule is CC(=NNC(=O)COc1ccc(C)cc1Br)c1ccc2ccccc2c1. The third-order valence-corrected chi connectivity index (χ3v) is 4.58. The third kappa shape index (κ3) is 4.49. The van der Waals surface area contributed by atoms with Crippen LogP contribution in [-0.4, -0.2) is 18.2 Å². The van der Waals surface area contributed by atoms with Gasteiger partial charge in [0.1, 0.15) is 5.75 Å². The number of fused-ring (bicyclic) bond motifs is 1. The summed E-state index contributed by atoms with van der Waals surface area (Å²) < 4.78 is 6.34. The van der Waals surface area contributed by atoms with Gasteiger partial charge < -0.3 is 4.74 Å². The molecule has 0 saturated heterocycles. The van der Waals surface area contributed by atoms with E-state index < -0.39 is 0 Å². The quantitative estimate of drug-likeness (QED) is 0.483. The zero-order valence-electron chi connectivity index (χ0n) is 14.6. The minimum absolute atomic E-state index is 0.101. The molecule has 1 amide bonds. The van der Waals surface area contributed by atoms with Crippen molar-refractivity contribution in [2.45, 2.75) is 13.8 Å². The number of ether oxygens (including phenoxy) is 1. The largest absolute Gasteiger partial charge is 0.483 e. The number of aryl methyl sites for hydroxylation is 1. The average Bonchev–Trinajstić information content (AvgIpc) is 2.65. The van der Waals surface area contributed by atoms with E-state index in [9.17, 15) is 4.79 Å². The second-order valence-electron chi connectivity index (χ2n) is 6.02. The molecule has 5 heteroatoms. The van der Waals surface area contributed by atoms with Crippen LogP contribution in [0.1, 0.15) is 18.1 Å². The highest BCUT2D eigenvalue weighted by Crippen LogP contribution is 2.25. The first kappa shape index (κ1) is 18.1. The van der Waals surface area contributed by atoms with Crippen LogP contribution in [0.4, 0.5) is 0 Å². The standard InChI is InChI=1S/C21H19BrN2O2/c1-14-7-10-20(19(22)11-14)26-13-21(25)24-23-15(2)17-9-8-16-5-3-4-6-18(16)12-17/h3-12H,13H2,1-2H3,(H,24,25). The summed E-state index contributed by atoms with van der Waals surface area (Å²) in [4.78, 5) is 12.0. The van der Waals surface area contributed by atoms with Gasteiger partial charge in [-0.25, -0.2) is 5.43 Å². The Morgan fingerprint density at radius 3 is 2.62 bits per heavy atom. The normalized spacial score (nSPS) is 11.4. The number of rotatable bonds is 5. The maximum atomic E-state index is 12.0. The lowest BCUT2D eigenvalue weighted by Crippen LogP contribution is -2.25. The van der Waals surface area contributed by atoms with E-state index in [0.717, 1.165) is 26.7 Å². The highest BCUT2D eigenvalue weighted by atomic mass is 79.9. The smallest absolute Gasteiger partial charge is 0.277 e. The molecule has 1 N–H and O–H groups in total. The Morgan fingerprint density at radius 1 is 1.08 bits per heavy atom. The van der Waals surface area contributed by atoms with Crippen LogP contribution in [0.5, 0.6) is 5.75 Å². The molecule has 3 rings (SSSR count). The van der Waals surface area contributed by atoms with Crippen LogP contribution < -0.4 is 10.2 Å². The molecule has 0 aliphatic heterocycles. The maximum Gasteiger partial charge on any atom is 0.277 e. The first-order valence-corrected chi connectivity index (χ1v) is 9.03. The van der Waals surface area contributed by atoms with E-state index in [1.165, 1.54) is 5.39 Å². The first-order chi connectivity index (χ1) is 12.5. The predicted molar refractivity (Wildman–Crippen MR) is 109 cm³/mol. The Labute approximate surface area is 161 Å². The topological polar surface area (TPSA) is 50.7 Å². The average molecular weight is 411 g/mol. The molecule has 4 nitrogen and oxygen atoms in total. The van der Waals surface area contributed by atoms with Gasteiger partial charge in [-0.3, -0.25) is 4.79 Å². The van der Waals surface area contributed by atoms with Gasteiger partial charge in [0.2, 0.25) is 0 Å². The third-order valence-electron chi connectivity index (χ3n) is 3.96. The van der Waals surface area contributed by atoms with Gasteiger partial charge in [-0.2, -0.15) is 5.10 Å². The van der Waals surface area contributed by atoms with E-state index in [1.807, 2.05) is 56.3 Å². The Kier molecular flexibility index (Phi) is 5.68. The van der Waals surface area contributed by atoms with Crippen molar-refractivity contribution in [3.8, 4) is 5.75 Å². The van der Waals surface area contributed by atoms with Crippen LogP contribution in [-0.2, 0) is 4.79 Å². The van der Waals surface area contributed by atoms with Crippen LogP contribution in [0.2, 0.25) is 0 Å². The molecule has 0 heterocycles. The molecule has 0 fully saturated rings. The van der Waals surface area contributed by atoms with Crippen LogP contribution in [0, 0.1) is 6.92 Å². The monoisotopic (exact) mass is 410 g/mol. The summed E-state index contributed by atoms with van der Waals surface area (Å²) in [5, 5.41) is 6.48. The Hall–Kier alpha value is -2.66. The van der Waals surface area contributed by atoms with Crippen molar-refractivity contribution in [3.63, 3.8) is 0 Å². The number of benzene rings is 3. The van der Waals surface area contributed by atoms with Crippen molar-refractivity contribution in [1.82, 2.24) is 5.43 Å². The summed E-state index contributed by atoms with van der Waals surface area (Å²) in [6, 6.07) is 19.9. The fourth-order valence-electron chi connectivity index (χ4n) is 2.52. The van der Waals surface area contributed by atoms with E-state index in [0.29, 0.717) is 5.75 Å². The van der Waals surface area contributed by atoms with Crippen molar-refractivity contribution in [2.75, 3.05) is 6.61 Å². The number of hydrazone groups is 1. The maximum absolute atomic E-state index is 12.0. The Balaban J connectivity index is 1.61. The second kappa shape index (κ2) is 8.15. The van der Waals surface area contributed by atoms with Gasteiger partial charge in [0, 0.05) is 0 Å². The van der Waals surface area contributed by atoms with Crippen molar-refractivity contribution < 1.29 is 9.53 Å². The molecule has 132 valence electrons. The summed E-state index contributed by atoms with van der Waals surface area (Å²) in [7, 11) is 0. The Morgan fingerprint density at radius 2 is 1.85 bits per heavy atom. The summed E-state index contributed by atoms with van der Waals surface area (Å²) in [6.45, 7) is 3.75. The lowest BCUT2D eigenvalue weighted by atomic mass is 10.0. The fourth-order valence-corrected chi connectivity index (χ4v) is 3.13. The fraction of sp³-hybridized carbons (Fsp3) is 0.143. The van der Waals surface area contributed by atoms with Gasteiger partial charge in [-0.05, 0) is 69.9 Å². The molecule has 0 aliphatic carbocycles. The molecule has 0 bridgehead atoms. The molecule has 0 atom stereocenters. The van der Waals surface area contributed by atoms with Crippen LogP contribution in [0.3, 0.4) is 0 Å². The lowest BCUT2D eigenvalue weighted by molar-refractivity contribution is -0.123. The zero-order chi connectivity index (χ0) is 18.5. The molecule has 0 aliphatic rings. The molecular weight excluding hydrogens is 392 g/mol. The van der Waals surface area contributed by atoms with Crippen LogP contribution >= 0.6 is 15.9 Å². The van der Waals surface area contributed by atoms with Gasteiger partial charge in [-0.15, -0.1) is 0 Å². The first-order valence-electron chi connectivity index (χ1n) is 8.24. The molecule has 0 unspecified atom stereocenters. The van der Waals surface area contributed by atoms with Crippen molar-refractivity contribution in [3.05, 3.63) is 76.3 Å². The number of hydrogen-bond donors (Lipinski definition) is 1.